The molecule has 7 heteroatoms. The zero-order valence-electron chi connectivity index (χ0n) is 10.1. The molecule has 0 aliphatic carbocycles. The van der Waals surface area contributed by atoms with Gasteiger partial charge in [-0.25, -0.2) is 0 Å². The Morgan fingerprint density at radius 2 is 2.37 bits per heavy atom. The fourth-order valence-corrected chi connectivity index (χ4v) is 2.58. The van der Waals surface area contributed by atoms with Crippen molar-refractivity contribution in [2.24, 2.45) is 0 Å². The average molecular weight is 293 g/mol. The van der Waals surface area contributed by atoms with E-state index in [1.807, 2.05) is 6.92 Å². The molecular formula is C12H11N3O2S2. The number of amides is 1. The Balaban J connectivity index is 2.02. The van der Waals surface area contributed by atoms with Crippen molar-refractivity contribution in [3.8, 4) is 11.8 Å². The highest BCUT2D eigenvalue weighted by molar-refractivity contribution is 7.15. The monoisotopic (exact) mass is 293 g/mol. The Kier molecular flexibility index (Phi) is 4.63. The molecule has 2 heterocycles. The molecule has 0 aliphatic heterocycles. The molecule has 1 amide bonds. The van der Waals surface area contributed by atoms with Gasteiger partial charge in [-0.05, 0) is 13.0 Å². The van der Waals surface area contributed by atoms with Crippen molar-refractivity contribution in [3.05, 3.63) is 26.9 Å². The van der Waals surface area contributed by atoms with E-state index < -0.39 is 0 Å². The van der Waals surface area contributed by atoms with Crippen molar-refractivity contribution < 1.29 is 9.90 Å². The number of aliphatic hydroxyl groups is 1. The van der Waals surface area contributed by atoms with Gasteiger partial charge in [0.25, 0.3) is 5.91 Å². The number of anilines is 1. The molecule has 0 aliphatic rings. The third-order valence-corrected chi connectivity index (χ3v) is 3.66. The van der Waals surface area contributed by atoms with E-state index in [1.165, 1.54) is 22.7 Å². The van der Waals surface area contributed by atoms with Gasteiger partial charge in [0.2, 0.25) is 5.13 Å². The first kappa shape index (κ1) is 13.7. The second-order valence-electron chi connectivity index (χ2n) is 3.56. The van der Waals surface area contributed by atoms with Crippen LogP contribution in [0.3, 0.4) is 0 Å². The van der Waals surface area contributed by atoms with Crippen molar-refractivity contribution in [2.75, 3.05) is 11.9 Å². The van der Waals surface area contributed by atoms with Gasteiger partial charge in [0, 0.05) is 11.8 Å². The maximum atomic E-state index is 11.9. The van der Waals surface area contributed by atoms with Crippen molar-refractivity contribution in [2.45, 2.75) is 13.3 Å². The number of rotatable bonds is 3. The van der Waals surface area contributed by atoms with E-state index in [4.69, 9.17) is 5.11 Å². The number of thiophene rings is 1. The molecule has 0 aromatic carbocycles. The highest BCUT2D eigenvalue weighted by Crippen LogP contribution is 2.18. The largest absolute Gasteiger partial charge is 0.395 e. The maximum Gasteiger partial charge on any atom is 0.258 e. The smallest absolute Gasteiger partial charge is 0.258 e. The fourth-order valence-electron chi connectivity index (χ4n) is 1.24. The SMILES string of the molecule is Cc1nnc(NC(=O)c2csc(C#CCCO)c2)s1. The standard InChI is InChI=1S/C12H11N3O2S2/c1-8-14-15-12(19-8)13-11(17)9-6-10(18-7-9)4-2-3-5-16/h6-7,16H,3,5H2,1H3,(H,13,15,17). The second kappa shape index (κ2) is 6.43. The van der Waals surface area contributed by atoms with E-state index in [1.54, 1.807) is 11.4 Å². The van der Waals surface area contributed by atoms with Crippen LogP contribution < -0.4 is 5.32 Å². The minimum atomic E-state index is -0.220. The van der Waals surface area contributed by atoms with E-state index in [2.05, 4.69) is 27.4 Å². The molecule has 0 saturated carbocycles. The Hall–Kier alpha value is -1.75. The van der Waals surface area contributed by atoms with Gasteiger partial charge >= 0.3 is 0 Å². The van der Waals surface area contributed by atoms with Crippen LogP contribution in [0.4, 0.5) is 5.13 Å². The maximum absolute atomic E-state index is 11.9. The molecule has 2 aromatic rings. The van der Waals surface area contributed by atoms with Crippen LogP contribution in [0.5, 0.6) is 0 Å². The van der Waals surface area contributed by atoms with Gasteiger partial charge < -0.3 is 5.11 Å². The summed E-state index contributed by atoms with van der Waals surface area (Å²) in [5, 5.41) is 22.0. The fraction of sp³-hybridized carbons (Fsp3) is 0.250. The summed E-state index contributed by atoms with van der Waals surface area (Å²) in [7, 11) is 0. The summed E-state index contributed by atoms with van der Waals surface area (Å²) in [4.78, 5) is 12.7. The zero-order valence-corrected chi connectivity index (χ0v) is 11.8. The first-order valence-electron chi connectivity index (χ1n) is 5.49. The van der Waals surface area contributed by atoms with Crippen LogP contribution in [0.25, 0.3) is 0 Å². The third-order valence-electron chi connectivity index (χ3n) is 2.06. The molecule has 0 fully saturated rings. The van der Waals surface area contributed by atoms with Crippen LogP contribution in [0, 0.1) is 18.8 Å². The first-order valence-corrected chi connectivity index (χ1v) is 7.18. The summed E-state index contributed by atoms with van der Waals surface area (Å²) in [6, 6.07) is 1.72. The molecule has 2 aromatic heterocycles. The summed E-state index contributed by atoms with van der Waals surface area (Å²) in [6.07, 6.45) is 0.434. The van der Waals surface area contributed by atoms with Gasteiger partial charge in [0.05, 0.1) is 17.0 Å². The third kappa shape index (κ3) is 3.86. The van der Waals surface area contributed by atoms with E-state index >= 15 is 0 Å². The number of aromatic nitrogens is 2. The van der Waals surface area contributed by atoms with Gasteiger partial charge in [0.15, 0.2) is 0 Å². The van der Waals surface area contributed by atoms with Gasteiger partial charge in [-0.2, -0.15) is 0 Å². The van der Waals surface area contributed by atoms with Gasteiger partial charge in [-0.1, -0.05) is 23.2 Å². The molecule has 98 valence electrons. The normalized spacial score (nSPS) is 9.79. The number of carbonyl (C=O) groups is 1. The lowest BCUT2D eigenvalue weighted by Crippen LogP contribution is -2.10. The Labute approximate surface area is 118 Å². The van der Waals surface area contributed by atoms with Gasteiger partial charge in [-0.15, -0.1) is 21.5 Å². The Morgan fingerprint density at radius 1 is 1.53 bits per heavy atom. The number of nitrogens with zero attached hydrogens (tertiary/aromatic N) is 2. The Bertz CT molecular complexity index is 637. The predicted octanol–water partition coefficient (Wildman–Crippen LogP) is 1.89. The van der Waals surface area contributed by atoms with E-state index in [9.17, 15) is 4.79 Å². The van der Waals surface area contributed by atoms with Crippen molar-refractivity contribution in [1.82, 2.24) is 10.2 Å². The molecule has 19 heavy (non-hydrogen) atoms. The van der Waals surface area contributed by atoms with Crippen molar-refractivity contribution in [1.29, 1.82) is 0 Å². The molecule has 0 spiro atoms. The summed E-state index contributed by atoms with van der Waals surface area (Å²) in [5.41, 5.74) is 0.547. The van der Waals surface area contributed by atoms with E-state index in [-0.39, 0.29) is 12.5 Å². The zero-order chi connectivity index (χ0) is 13.7. The molecule has 2 rings (SSSR count). The van der Waals surface area contributed by atoms with Crippen LogP contribution in [0.1, 0.15) is 26.7 Å². The molecular weight excluding hydrogens is 282 g/mol. The highest BCUT2D eigenvalue weighted by Gasteiger charge is 2.10. The number of hydrogen-bond acceptors (Lipinski definition) is 6. The minimum absolute atomic E-state index is 0.0438. The average Bonchev–Trinajstić information content (AvgIpc) is 2.99. The number of aliphatic hydroxyl groups excluding tert-OH is 1. The Morgan fingerprint density at radius 3 is 3.05 bits per heavy atom. The molecule has 0 unspecified atom stereocenters. The predicted molar refractivity (Wildman–Crippen MR) is 75.5 cm³/mol. The highest BCUT2D eigenvalue weighted by atomic mass is 32.1. The summed E-state index contributed by atoms with van der Waals surface area (Å²) in [5.74, 6) is 5.49. The van der Waals surface area contributed by atoms with Crippen LogP contribution in [0.2, 0.25) is 0 Å². The topological polar surface area (TPSA) is 75.1 Å². The lowest BCUT2D eigenvalue weighted by atomic mass is 10.3. The van der Waals surface area contributed by atoms with E-state index in [0.29, 0.717) is 17.1 Å². The lowest BCUT2D eigenvalue weighted by molar-refractivity contribution is 0.102. The number of nitrogens with one attached hydrogen (secondary N) is 1. The van der Waals surface area contributed by atoms with Crippen LogP contribution in [-0.4, -0.2) is 27.8 Å². The summed E-state index contributed by atoms with van der Waals surface area (Å²) >= 11 is 2.72. The van der Waals surface area contributed by atoms with E-state index in [0.717, 1.165) is 9.88 Å². The minimum Gasteiger partial charge on any atom is -0.395 e. The molecule has 0 bridgehead atoms. The molecule has 2 N–H and O–H groups in total. The lowest BCUT2D eigenvalue weighted by Gasteiger charge is -1.96. The van der Waals surface area contributed by atoms with Crippen LogP contribution in [0.15, 0.2) is 11.4 Å². The van der Waals surface area contributed by atoms with Crippen LogP contribution >= 0.6 is 22.7 Å². The number of carbonyl (C=O) groups excluding carboxylic acids is 1. The number of aryl methyl sites for hydroxylation is 1. The molecule has 5 nitrogen and oxygen atoms in total. The van der Waals surface area contributed by atoms with Crippen molar-refractivity contribution in [3.63, 3.8) is 0 Å². The molecule has 0 saturated heterocycles. The molecule has 0 atom stereocenters. The van der Waals surface area contributed by atoms with Crippen molar-refractivity contribution >= 4 is 33.7 Å². The summed E-state index contributed by atoms with van der Waals surface area (Å²) in [6.45, 7) is 1.87. The van der Waals surface area contributed by atoms with Crippen LogP contribution in [-0.2, 0) is 0 Å². The van der Waals surface area contributed by atoms with Gasteiger partial charge in [-0.3, -0.25) is 10.1 Å². The first-order chi connectivity index (χ1) is 9.19. The second-order valence-corrected chi connectivity index (χ2v) is 5.65. The number of hydrogen-bond donors (Lipinski definition) is 2. The summed E-state index contributed by atoms with van der Waals surface area (Å²) < 4.78 is 0. The molecule has 0 radical (unpaired) electrons. The van der Waals surface area contributed by atoms with Gasteiger partial charge in [0.1, 0.15) is 5.01 Å². The quantitative estimate of drug-likeness (QED) is 0.848.